The molecule has 2 aliphatic heterocycles. The van der Waals surface area contributed by atoms with E-state index in [1.165, 1.54) is 22.7 Å². The fraction of sp³-hybridized carbons (Fsp3) is 0.387. The highest BCUT2D eigenvalue weighted by Crippen LogP contribution is 2.49. The van der Waals surface area contributed by atoms with E-state index >= 15 is 0 Å². The van der Waals surface area contributed by atoms with Gasteiger partial charge >= 0.3 is 0 Å². The first-order chi connectivity index (χ1) is 15.8. The van der Waals surface area contributed by atoms with Gasteiger partial charge in [-0.25, -0.2) is 0 Å². The molecule has 2 nitrogen and oxygen atoms in total. The number of nitrogens with zero attached hydrogens (tertiary/aromatic N) is 2. The largest absolute Gasteiger partial charge is 0.368 e. The van der Waals surface area contributed by atoms with Crippen LogP contribution in [0.15, 0.2) is 96.8 Å². The zero-order valence-corrected chi connectivity index (χ0v) is 21.1. The maximum Gasteiger partial charge on any atom is 0.209 e. The van der Waals surface area contributed by atoms with Crippen molar-refractivity contribution in [3.63, 3.8) is 0 Å². The lowest BCUT2D eigenvalue weighted by molar-refractivity contribution is -0.433. The summed E-state index contributed by atoms with van der Waals surface area (Å²) in [5.41, 5.74) is 5.69. The van der Waals surface area contributed by atoms with Crippen LogP contribution in [0.1, 0.15) is 47.1 Å². The Morgan fingerprint density at radius 3 is 2.36 bits per heavy atom. The molecule has 1 saturated heterocycles. The molecule has 2 atom stereocenters. The van der Waals surface area contributed by atoms with Gasteiger partial charge in [-0.2, -0.15) is 4.58 Å². The zero-order chi connectivity index (χ0) is 23.6. The van der Waals surface area contributed by atoms with Crippen LogP contribution in [0.5, 0.6) is 0 Å². The minimum atomic E-state index is 0.0224. The van der Waals surface area contributed by atoms with Crippen LogP contribution in [0.2, 0.25) is 0 Å². The third-order valence-electron chi connectivity index (χ3n) is 7.68. The number of likely N-dealkylation sites (N-methyl/N-ethyl adjacent to an activating group) is 1. The lowest BCUT2D eigenvalue weighted by Gasteiger charge is -2.26. The Labute approximate surface area is 200 Å². The molecule has 2 heterocycles. The van der Waals surface area contributed by atoms with E-state index in [1.807, 2.05) is 0 Å². The fourth-order valence-corrected chi connectivity index (χ4v) is 5.92. The summed E-state index contributed by atoms with van der Waals surface area (Å²) in [4.78, 5) is 2.55. The number of benzene rings is 1. The molecule has 33 heavy (non-hydrogen) atoms. The standard InChI is InChI=1S/C31H39N2/c1-7-32-26-20-16-14-18-24(26)30(3,4)28(32)22-12-10-9-11-13-23-29-31(5,6)25-19-15-17-21-27(25)33(29)8-2/h9-24,26H,7-8H2,1-6H3/q+1. The Morgan fingerprint density at radius 2 is 1.61 bits per heavy atom. The van der Waals surface area contributed by atoms with Gasteiger partial charge in [-0.15, -0.1) is 0 Å². The SMILES string of the molecule is CCN1/C(=C/C=C/C=C/C=C/C2=[N+](CC)c3ccccc3C2(C)C)C(C)(C)C2C=CC=CC21. The molecule has 172 valence electrons. The Balaban J connectivity index is 1.48. The van der Waals surface area contributed by atoms with Crippen LogP contribution >= 0.6 is 0 Å². The van der Waals surface area contributed by atoms with Crippen LogP contribution in [-0.2, 0) is 5.41 Å². The molecule has 0 spiro atoms. The summed E-state index contributed by atoms with van der Waals surface area (Å²) in [6.45, 7) is 15.9. The normalized spacial score (nSPS) is 26.5. The molecule has 0 radical (unpaired) electrons. The molecule has 1 aliphatic carbocycles. The predicted octanol–water partition coefficient (Wildman–Crippen LogP) is 7.11. The predicted molar refractivity (Wildman–Crippen MR) is 142 cm³/mol. The highest BCUT2D eigenvalue weighted by Gasteiger charge is 2.47. The van der Waals surface area contributed by atoms with Gasteiger partial charge in [-0.05, 0) is 33.8 Å². The number of hydrogen-bond acceptors (Lipinski definition) is 1. The van der Waals surface area contributed by atoms with Gasteiger partial charge in [0.15, 0.2) is 5.71 Å². The molecular weight excluding hydrogens is 400 g/mol. The molecule has 3 aliphatic rings. The summed E-state index contributed by atoms with van der Waals surface area (Å²) >= 11 is 0. The number of fused-ring (bicyclic) bond motifs is 2. The van der Waals surface area contributed by atoms with E-state index in [4.69, 9.17) is 0 Å². The van der Waals surface area contributed by atoms with Gasteiger partial charge in [0, 0.05) is 41.3 Å². The highest BCUT2D eigenvalue weighted by molar-refractivity contribution is 6.03. The Kier molecular flexibility index (Phi) is 6.47. The molecule has 0 N–H and O–H groups in total. The van der Waals surface area contributed by atoms with Gasteiger partial charge < -0.3 is 4.90 Å². The summed E-state index contributed by atoms with van der Waals surface area (Å²) in [6.07, 6.45) is 24.5. The van der Waals surface area contributed by atoms with Crippen molar-refractivity contribution in [1.82, 2.24) is 4.90 Å². The van der Waals surface area contributed by atoms with E-state index < -0.39 is 0 Å². The molecule has 2 unspecified atom stereocenters. The third kappa shape index (κ3) is 4.01. The lowest BCUT2D eigenvalue weighted by atomic mass is 9.75. The maximum absolute atomic E-state index is 2.55. The van der Waals surface area contributed by atoms with Gasteiger partial charge in [-0.3, -0.25) is 0 Å². The van der Waals surface area contributed by atoms with Crippen molar-refractivity contribution in [3.05, 3.63) is 102 Å². The van der Waals surface area contributed by atoms with Gasteiger partial charge in [0.05, 0.1) is 11.5 Å². The molecule has 1 aromatic rings. The first kappa shape index (κ1) is 23.3. The molecule has 0 amide bonds. The van der Waals surface area contributed by atoms with Crippen LogP contribution in [0, 0.1) is 11.3 Å². The quantitative estimate of drug-likeness (QED) is 0.338. The number of rotatable bonds is 6. The first-order valence-corrected chi connectivity index (χ1v) is 12.4. The van der Waals surface area contributed by atoms with Gasteiger partial charge in [0.1, 0.15) is 6.54 Å². The van der Waals surface area contributed by atoms with Crippen LogP contribution < -0.4 is 0 Å². The molecular formula is C31H39N2+. The smallest absolute Gasteiger partial charge is 0.209 e. The van der Waals surface area contributed by atoms with Crippen LogP contribution in [0.3, 0.4) is 0 Å². The van der Waals surface area contributed by atoms with Crippen LogP contribution in [-0.4, -0.2) is 34.3 Å². The lowest BCUT2D eigenvalue weighted by Crippen LogP contribution is -2.30. The second kappa shape index (κ2) is 9.17. The van der Waals surface area contributed by atoms with Crippen molar-refractivity contribution >= 4 is 11.4 Å². The molecule has 0 bridgehead atoms. The molecule has 4 rings (SSSR count). The van der Waals surface area contributed by atoms with Crippen molar-refractivity contribution in [2.75, 3.05) is 13.1 Å². The van der Waals surface area contributed by atoms with Gasteiger partial charge in [0.25, 0.3) is 0 Å². The van der Waals surface area contributed by atoms with Crippen LogP contribution in [0.25, 0.3) is 0 Å². The third-order valence-corrected chi connectivity index (χ3v) is 7.68. The second-order valence-corrected chi connectivity index (χ2v) is 10.2. The average Bonchev–Trinajstić information content (AvgIpc) is 3.17. The van der Waals surface area contributed by atoms with Crippen molar-refractivity contribution in [1.29, 1.82) is 0 Å². The number of hydrogen-bond donors (Lipinski definition) is 0. The highest BCUT2D eigenvalue weighted by atomic mass is 15.2. The van der Waals surface area contributed by atoms with Crippen molar-refractivity contribution < 1.29 is 4.58 Å². The Hall–Kier alpha value is -2.87. The average molecular weight is 440 g/mol. The van der Waals surface area contributed by atoms with Crippen molar-refractivity contribution in [3.8, 4) is 0 Å². The minimum Gasteiger partial charge on any atom is -0.368 e. The number of para-hydroxylation sites is 1. The molecule has 0 aromatic heterocycles. The first-order valence-electron chi connectivity index (χ1n) is 12.4. The maximum atomic E-state index is 2.55. The van der Waals surface area contributed by atoms with E-state index in [0.717, 1.165) is 13.1 Å². The van der Waals surface area contributed by atoms with Crippen molar-refractivity contribution in [2.45, 2.75) is 53.0 Å². The summed E-state index contributed by atoms with van der Waals surface area (Å²) in [5, 5.41) is 0. The van der Waals surface area contributed by atoms with E-state index in [0.29, 0.717) is 12.0 Å². The van der Waals surface area contributed by atoms with Crippen molar-refractivity contribution in [2.24, 2.45) is 11.3 Å². The number of likely N-dealkylation sites (tertiary alicyclic amines) is 1. The van der Waals surface area contributed by atoms with Gasteiger partial charge in [-0.1, -0.05) is 86.7 Å². The molecule has 1 fully saturated rings. The van der Waals surface area contributed by atoms with Gasteiger partial charge in [0.2, 0.25) is 5.69 Å². The minimum absolute atomic E-state index is 0.0224. The molecule has 0 saturated carbocycles. The van der Waals surface area contributed by atoms with E-state index in [-0.39, 0.29) is 10.8 Å². The monoisotopic (exact) mass is 439 g/mol. The Bertz CT molecular complexity index is 1100. The second-order valence-electron chi connectivity index (χ2n) is 10.2. The summed E-state index contributed by atoms with van der Waals surface area (Å²) in [6, 6.07) is 9.25. The number of allylic oxidation sites excluding steroid dienone is 10. The summed E-state index contributed by atoms with van der Waals surface area (Å²) in [7, 11) is 0. The summed E-state index contributed by atoms with van der Waals surface area (Å²) < 4.78 is 2.43. The van der Waals surface area contributed by atoms with E-state index in [9.17, 15) is 0 Å². The molecule has 1 aromatic carbocycles. The zero-order valence-electron chi connectivity index (χ0n) is 21.1. The summed E-state index contributed by atoms with van der Waals surface area (Å²) in [5.74, 6) is 0.540. The van der Waals surface area contributed by atoms with E-state index in [2.05, 4.69) is 142 Å². The molecule has 2 heteroatoms. The van der Waals surface area contributed by atoms with Crippen LogP contribution in [0.4, 0.5) is 5.69 Å². The topological polar surface area (TPSA) is 6.25 Å². The Morgan fingerprint density at radius 1 is 0.909 bits per heavy atom. The van der Waals surface area contributed by atoms with E-state index in [1.54, 1.807) is 0 Å². The fourth-order valence-electron chi connectivity index (χ4n) is 5.92.